The van der Waals surface area contributed by atoms with Gasteiger partial charge in [-0.2, -0.15) is 5.26 Å². The number of aryl methyl sites for hydroxylation is 2. The quantitative estimate of drug-likeness (QED) is 0.270. The number of benzene rings is 2. The maximum absolute atomic E-state index is 9.80. The van der Waals surface area contributed by atoms with Crippen LogP contribution in [0.3, 0.4) is 0 Å². The number of anilines is 1. The highest BCUT2D eigenvalue weighted by Crippen LogP contribution is 2.55. The molecule has 0 spiro atoms. The molecule has 1 saturated heterocycles. The van der Waals surface area contributed by atoms with Crippen molar-refractivity contribution in [3.05, 3.63) is 111 Å². The van der Waals surface area contributed by atoms with Gasteiger partial charge < -0.3 is 9.64 Å². The highest BCUT2D eigenvalue weighted by atomic mass is 32.2. The minimum Gasteiger partial charge on any atom is -0.496 e. The summed E-state index contributed by atoms with van der Waals surface area (Å²) in [5.74, 6) is 2.72. The second-order valence-corrected chi connectivity index (χ2v) is 18.8. The van der Waals surface area contributed by atoms with Gasteiger partial charge in [0.05, 0.1) is 19.2 Å². The molecule has 3 fully saturated rings. The Hall–Kier alpha value is -3.42. The Kier molecular flexibility index (Phi) is 10.0. The number of nitrogens with zero attached hydrogens (tertiary/aromatic N) is 2. The first-order valence-corrected chi connectivity index (χ1v) is 20.3. The largest absolute Gasteiger partial charge is 0.496 e. The normalized spacial score (nSPS) is 31.0. The molecule has 7 rings (SSSR count). The van der Waals surface area contributed by atoms with Crippen LogP contribution >= 0.6 is 11.8 Å². The van der Waals surface area contributed by atoms with Crippen LogP contribution in [-0.4, -0.2) is 19.7 Å². The summed E-state index contributed by atoms with van der Waals surface area (Å²) in [6.45, 7) is 15.1. The average molecular weight is 699 g/mol. The van der Waals surface area contributed by atoms with Crippen LogP contribution in [0.4, 0.5) is 5.69 Å². The van der Waals surface area contributed by atoms with Gasteiger partial charge in [0.15, 0.2) is 0 Å². The molecule has 2 saturated carbocycles. The third-order valence-corrected chi connectivity index (χ3v) is 14.4. The third-order valence-electron chi connectivity index (χ3n) is 12.9. The fourth-order valence-electron chi connectivity index (χ4n) is 10.8. The van der Waals surface area contributed by atoms with Crippen LogP contribution in [0.5, 0.6) is 5.75 Å². The molecule has 2 aromatic rings. The number of hydrogen-bond donors (Lipinski definition) is 0. The Morgan fingerprint density at radius 3 is 2.57 bits per heavy atom. The monoisotopic (exact) mass is 698 g/mol. The molecule has 5 unspecified atom stereocenters. The summed E-state index contributed by atoms with van der Waals surface area (Å²) in [7, 11) is 1.86. The van der Waals surface area contributed by atoms with Crippen molar-refractivity contribution in [1.29, 1.82) is 5.26 Å². The molecule has 51 heavy (non-hydrogen) atoms. The third kappa shape index (κ3) is 7.18. The van der Waals surface area contributed by atoms with Gasteiger partial charge in [-0.25, -0.2) is 0 Å². The number of allylic oxidation sites excluding steroid dienone is 7. The molecule has 5 atom stereocenters. The molecule has 2 bridgehead atoms. The van der Waals surface area contributed by atoms with E-state index in [2.05, 4.69) is 119 Å². The van der Waals surface area contributed by atoms with Crippen LogP contribution in [0.2, 0.25) is 0 Å². The standard InChI is InChI=1S/C47H58N2OS/c1-32-25-36-13-9-22-47(27-32,29-36)40-26-39(17-18-41(40)50-7)49-24-10-21-46(6)28-35(15-19-42(46)49)14-16-37-30-45(4,5)31-38(20-23-48)44(37)51-43-33(2)11-8-12-34(43)3/h8,11-12,14-20,26,28,32,36,42H,9-10,13,21-22,24-25,27,29-31H2,1-7H3/b16-14+,38-20+. The van der Waals surface area contributed by atoms with E-state index in [1.165, 1.54) is 94.7 Å². The van der Waals surface area contributed by atoms with E-state index in [1.807, 2.05) is 18.9 Å². The van der Waals surface area contributed by atoms with E-state index in [0.717, 1.165) is 42.5 Å². The lowest BCUT2D eigenvalue weighted by Crippen LogP contribution is -2.50. The van der Waals surface area contributed by atoms with Crippen molar-refractivity contribution in [2.45, 2.75) is 122 Å². The summed E-state index contributed by atoms with van der Waals surface area (Å²) in [5.41, 5.74) is 9.56. The second-order valence-electron chi connectivity index (χ2n) is 17.8. The number of ether oxygens (including phenoxy) is 1. The van der Waals surface area contributed by atoms with Gasteiger partial charge in [0.25, 0.3) is 0 Å². The number of thioether (sulfide) groups is 1. The number of methoxy groups -OCH3 is 1. The van der Waals surface area contributed by atoms with Gasteiger partial charge in [-0.1, -0.05) is 101 Å². The fraction of sp³-hybridized carbons (Fsp3) is 0.511. The van der Waals surface area contributed by atoms with Gasteiger partial charge in [-0.05, 0) is 134 Å². The summed E-state index contributed by atoms with van der Waals surface area (Å²) < 4.78 is 6.09. The van der Waals surface area contributed by atoms with Crippen molar-refractivity contribution < 1.29 is 4.74 Å². The molecule has 5 aliphatic rings. The Labute approximate surface area is 312 Å². The Balaban J connectivity index is 1.19. The number of piperidine rings is 1. The predicted octanol–water partition coefficient (Wildman–Crippen LogP) is 12.5. The second kappa shape index (κ2) is 14.2. The number of hydrogen-bond acceptors (Lipinski definition) is 4. The lowest BCUT2D eigenvalue weighted by atomic mass is 9.56. The predicted molar refractivity (Wildman–Crippen MR) is 215 cm³/mol. The van der Waals surface area contributed by atoms with E-state index in [-0.39, 0.29) is 16.2 Å². The minimum atomic E-state index is 0.0439. The first-order chi connectivity index (χ1) is 24.4. The van der Waals surface area contributed by atoms with E-state index >= 15 is 0 Å². The van der Waals surface area contributed by atoms with Crippen LogP contribution in [0.25, 0.3) is 0 Å². The topological polar surface area (TPSA) is 36.3 Å². The van der Waals surface area contributed by atoms with Crippen LogP contribution < -0.4 is 9.64 Å². The van der Waals surface area contributed by atoms with Gasteiger partial charge in [0.2, 0.25) is 0 Å². The summed E-state index contributed by atoms with van der Waals surface area (Å²) in [6, 6.07) is 16.4. The van der Waals surface area contributed by atoms with Crippen LogP contribution in [0.1, 0.15) is 109 Å². The van der Waals surface area contributed by atoms with Gasteiger partial charge in [-0.15, -0.1) is 0 Å². The molecule has 2 aromatic carbocycles. The molecule has 0 aromatic heterocycles. The zero-order valence-electron chi connectivity index (χ0n) is 32.1. The zero-order chi connectivity index (χ0) is 36.0. The highest BCUT2D eigenvalue weighted by Gasteiger charge is 2.45. The lowest BCUT2D eigenvalue weighted by Gasteiger charge is -2.50. The molecule has 0 radical (unpaired) electrons. The van der Waals surface area contributed by atoms with Gasteiger partial charge in [0, 0.05) is 39.1 Å². The maximum atomic E-state index is 9.80. The van der Waals surface area contributed by atoms with Crippen LogP contribution in [0, 0.1) is 47.8 Å². The molecule has 1 aliphatic heterocycles. The summed E-state index contributed by atoms with van der Waals surface area (Å²) >= 11 is 1.85. The molecule has 3 nitrogen and oxygen atoms in total. The fourth-order valence-corrected chi connectivity index (χ4v) is 12.0. The van der Waals surface area contributed by atoms with Crippen LogP contribution in [-0.2, 0) is 5.41 Å². The number of rotatable bonds is 7. The molecular weight excluding hydrogens is 641 g/mol. The summed E-state index contributed by atoms with van der Waals surface area (Å²) in [5, 5.41) is 9.80. The zero-order valence-corrected chi connectivity index (χ0v) is 33.0. The Bertz CT molecular complexity index is 1840. The minimum absolute atomic E-state index is 0.0439. The maximum Gasteiger partial charge on any atom is 0.122 e. The average Bonchev–Trinajstić information content (AvgIpc) is 3.08. The Morgan fingerprint density at radius 2 is 1.80 bits per heavy atom. The number of fused-ring (bicyclic) bond motifs is 3. The highest BCUT2D eigenvalue weighted by molar-refractivity contribution is 8.03. The number of nitriles is 1. The van der Waals surface area contributed by atoms with Crippen molar-refractivity contribution in [3.8, 4) is 11.8 Å². The van der Waals surface area contributed by atoms with Gasteiger partial charge in [0.1, 0.15) is 5.75 Å². The van der Waals surface area contributed by atoms with E-state index in [9.17, 15) is 5.26 Å². The molecule has 0 N–H and O–H groups in total. The molecule has 1 heterocycles. The van der Waals surface area contributed by atoms with Gasteiger partial charge >= 0.3 is 0 Å². The lowest BCUT2D eigenvalue weighted by molar-refractivity contribution is 0.108. The first kappa shape index (κ1) is 36.0. The summed E-state index contributed by atoms with van der Waals surface area (Å²) in [4.78, 5) is 5.25. The van der Waals surface area contributed by atoms with E-state index in [1.54, 1.807) is 6.08 Å². The Morgan fingerprint density at radius 1 is 1.00 bits per heavy atom. The molecule has 268 valence electrons. The SMILES string of the molecule is COc1ccc(N2CCCC3(C)C=C(/C=C/C4=C(Sc5c(C)cccc5C)C(=C/C#N)/CC(C)(C)C4)C=CC23)cc1C12CCCC(CC(C)C1)C2. The van der Waals surface area contributed by atoms with E-state index < -0.39 is 0 Å². The van der Waals surface area contributed by atoms with Crippen molar-refractivity contribution in [1.82, 2.24) is 0 Å². The van der Waals surface area contributed by atoms with Crippen LogP contribution in [0.15, 0.2) is 99.4 Å². The first-order valence-electron chi connectivity index (χ1n) is 19.5. The van der Waals surface area contributed by atoms with Crippen molar-refractivity contribution in [3.63, 3.8) is 0 Å². The van der Waals surface area contributed by atoms with E-state index in [4.69, 9.17) is 4.74 Å². The molecule has 4 heteroatoms. The molecule has 0 amide bonds. The van der Waals surface area contributed by atoms with E-state index in [0.29, 0.717) is 6.04 Å². The van der Waals surface area contributed by atoms with Gasteiger partial charge in [-0.3, -0.25) is 0 Å². The van der Waals surface area contributed by atoms with Crippen molar-refractivity contribution in [2.24, 2.45) is 22.7 Å². The smallest absolute Gasteiger partial charge is 0.122 e. The van der Waals surface area contributed by atoms with Crippen molar-refractivity contribution in [2.75, 3.05) is 18.6 Å². The molecular formula is C47H58N2OS. The molecule has 4 aliphatic carbocycles. The van der Waals surface area contributed by atoms with Crippen molar-refractivity contribution >= 4 is 17.4 Å². The summed E-state index contributed by atoms with van der Waals surface area (Å²) in [6.07, 6.45) is 26.2.